The van der Waals surface area contributed by atoms with E-state index in [1.165, 1.54) is 6.07 Å². The van der Waals surface area contributed by atoms with E-state index in [4.69, 9.17) is 9.47 Å². The van der Waals surface area contributed by atoms with Crippen molar-refractivity contribution in [2.75, 3.05) is 18.5 Å². The van der Waals surface area contributed by atoms with Gasteiger partial charge in [-0.1, -0.05) is 42.5 Å². The van der Waals surface area contributed by atoms with Crippen molar-refractivity contribution < 1.29 is 24.2 Å². The second kappa shape index (κ2) is 9.11. The van der Waals surface area contributed by atoms with Gasteiger partial charge in [0.25, 0.3) is 0 Å². The molecule has 0 amide bonds. The number of para-hydroxylation sites is 1. The highest BCUT2D eigenvalue weighted by molar-refractivity contribution is 6.31. The van der Waals surface area contributed by atoms with Crippen LogP contribution >= 0.6 is 0 Å². The van der Waals surface area contributed by atoms with Crippen LogP contribution in [0.4, 0.5) is 11.4 Å². The Morgan fingerprint density at radius 2 is 1.18 bits per heavy atom. The first-order chi connectivity index (χ1) is 16.6. The molecule has 6 heteroatoms. The molecule has 5 rings (SSSR count). The molecule has 4 aromatic rings. The number of rotatable bonds is 7. The monoisotopic (exact) mass is 451 g/mol. The number of anilines is 2. The number of phenolic OH excluding ortho intramolecular Hbond substituents is 1. The lowest BCUT2D eigenvalue weighted by molar-refractivity contribution is 0.0977. The fraction of sp³-hybridized carbons (Fsp3) is 0.0714. The van der Waals surface area contributed by atoms with Crippen LogP contribution in [0.25, 0.3) is 0 Å². The summed E-state index contributed by atoms with van der Waals surface area (Å²) < 4.78 is 11.3. The molecule has 0 aliphatic heterocycles. The fourth-order valence-electron chi connectivity index (χ4n) is 3.94. The van der Waals surface area contributed by atoms with E-state index in [9.17, 15) is 14.7 Å². The normalized spacial score (nSPS) is 12.0. The minimum absolute atomic E-state index is 0.0204. The van der Waals surface area contributed by atoms with Gasteiger partial charge in [-0.15, -0.1) is 0 Å². The SMILES string of the molecule is O=C1c2ccccc2C(=O)c2c(Nc3ccc(OCCOc4ccccc4)cc3)ccc(O)c21. The number of ether oxygens (including phenoxy) is 2. The van der Waals surface area contributed by atoms with E-state index in [0.717, 1.165) is 5.75 Å². The average Bonchev–Trinajstić information content (AvgIpc) is 2.88. The quantitative estimate of drug-likeness (QED) is 0.256. The van der Waals surface area contributed by atoms with Gasteiger partial charge in [0.05, 0.1) is 16.8 Å². The lowest BCUT2D eigenvalue weighted by atomic mass is 9.82. The third kappa shape index (κ3) is 4.09. The van der Waals surface area contributed by atoms with Crippen molar-refractivity contribution in [1.29, 1.82) is 0 Å². The Morgan fingerprint density at radius 3 is 1.82 bits per heavy atom. The molecule has 0 saturated carbocycles. The van der Waals surface area contributed by atoms with Gasteiger partial charge in [-0.3, -0.25) is 9.59 Å². The number of benzene rings is 4. The Balaban J connectivity index is 1.30. The number of aromatic hydroxyl groups is 1. The molecule has 2 N–H and O–H groups in total. The fourth-order valence-corrected chi connectivity index (χ4v) is 3.94. The zero-order valence-electron chi connectivity index (χ0n) is 18.2. The first-order valence-electron chi connectivity index (χ1n) is 10.8. The van der Waals surface area contributed by atoms with Crippen LogP contribution in [0, 0.1) is 0 Å². The highest BCUT2D eigenvalue weighted by atomic mass is 16.5. The second-order valence-corrected chi connectivity index (χ2v) is 7.75. The lowest BCUT2D eigenvalue weighted by Crippen LogP contribution is -2.22. The first kappa shape index (κ1) is 21.3. The van der Waals surface area contributed by atoms with Crippen LogP contribution in [-0.4, -0.2) is 29.9 Å². The molecule has 34 heavy (non-hydrogen) atoms. The smallest absolute Gasteiger partial charge is 0.198 e. The van der Waals surface area contributed by atoms with Gasteiger partial charge in [0.1, 0.15) is 30.5 Å². The molecule has 1 aliphatic rings. The topological polar surface area (TPSA) is 84.9 Å². The van der Waals surface area contributed by atoms with E-state index in [2.05, 4.69) is 5.32 Å². The van der Waals surface area contributed by atoms with Crippen molar-refractivity contribution in [2.24, 2.45) is 0 Å². The third-order valence-electron chi connectivity index (χ3n) is 5.55. The van der Waals surface area contributed by atoms with Gasteiger partial charge < -0.3 is 19.9 Å². The largest absolute Gasteiger partial charge is 0.507 e. The molecule has 168 valence electrons. The number of nitrogens with one attached hydrogen (secondary N) is 1. The van der Waals surface area contributed by atoms with Gasteiger partial charge in [-0.25, -0.2) is 0 Å². The summed E-state index contributed by atoms with van der Waals surface area (Å²) in [4.78, 5) is 26.2. The maximum Gasteiger partial charge on any atom is 0.198 e. The molecule has 0 fully saturated rings. The van der Waals surface area contributed by atoms with E-state index in [0.29, 0.717) is 41.5 Å². The Morgan fingerprint density at radius 1 is 0.618 bits per heavy atom. The Hall–Kier alpha value is -4.58. The molecule has 0 spiro atoms. The van der Waals surface area contributed by atoms with Gasteiger partial charge in [-0.05, 0) is 48.5 Å². The Bertz CT molecular complexity index is 1360. The van der Waals surface area contributed by atoms with E-state index in [-0.39, 0.29) is 28.4 Å². The predicted octanol–water partition coefficient (Wildman–Crippen LogP) is 5.37. The van der Waals surface area contributed by atoms with Gasteiger partial charge >= 0.3 is 0 Å². The zero-order valence-corrected chi connectivity index (χ0v) is 18.2. The van der Waals surface area contributed by atoms with E-state index < -0.39 is 0 Å². The second-order valence-electron chi connectivity index (χ2n) is 7.75. The number of hydrogen-bond acceptors (Lipinski definition) is 6. The number of hydrogen-bond donors (Lipinski definition) is 2. The summed E-state index contributed by atoms with van der Waals surface area (Å²) in [6.45, 7) is 0.810. The van der Waals surface area contributed by atoms with Crippen LogP contribution in [0.1, 0.15) is 31.8 Å². The number of carbonyl (C=O) groups excluding carboxylic acids is 2. The van der Waals surface area contributed by atoms with Gasteiger partial charge in [-0.2, -0.15) is 0 Å². The van der Waals surface area contributed by atoms with Crippen molar-refractivity contribution in [3.05, 3.63) is 113 Å². The van der Waals surface area contributed by atoms with E-state index in [1.54, 1.807) is 42.5 Å². The lowest BCUT2D eigenvalue weighted by Gasteiger charge is -2.21. The number of carbonyl (C=O) groups is 2. The summed E-state index contributed by atoms with van der Waals surface area (Å²) >= 11 is 0. The summed E-state index contributed by atoms with van der Waals surface area (Å²) in [5.74, 6) is 0.582. The van der Waals surface area contributed by atoms with Crippen LogP contribution in [0.15, 0.2) is 91.0 Å². The maximum absolute atomic E-state index is 13.2. The van der Waals surface area contributed by atoms with Crippen LogP contribution in [-0.2, 0) is 0 Å². The molecule has 0 saturated heterocycles. The van der Waals surface area contributed by atoms with Crippen LogP contribution < -0.4 is 14.8 Å². The van der Waals surface area contributed by atoms with Gasteiger partial charge in [0, 0.05) is 16.8 Å². The van der Waals surface area contributed by atoms with Gasteiger partial charge in [0.15, 0.2) is 11.6 Å². The molecule has 6 nitrogen and oxygen atoms in total. The number of fused-ring (bicyclic) bond motifs is 2. The average molecular weight is 451 g/mol. The Kier molecular flexibility index (Phi) is 5.70. The maximum atomic E-state index is 13.2. The minimum Gasteiger partial charge on any atom is -0.507 e. The third-order valence-corrected chi connectivity index (χ3v) is 5.55. The van der Waals surface area contributed by atoms with Gasteiger partial charge in [0.2, 0.25) is 0 Å². The molecular formula is C28H21NO5. The molecule has 0 heterocycles. The van der Waals surface area contributed by atoms with Crippen molar-refractivity contribution in [2.45, 2.75) is 0 Å². The molecule has 0 bridgehead atoms. The van der Waals surface area contributed by atoms with Crippen LogP contribution in [0.3, 0.4) is 0 Å². The molecule has 4 aromatic carbocycles. The molecule has 0 radical (unpaired) electrons. The highest BCUT2D eigenvalue weighted by Crippen LogP contribution is 2.38. The van der Waals surface area contributed by atoms with E-state index >= 15 is 0 Å². The molecule has 0 unspecified atom stereocenters. The van der Waals surface area contributed by atoms with Crippen molar-refractivity contribution in [3.63, 3.8) is 0 Å². The number of phenols is 1. The first-order valence-corrected chi connectivity index (χ1v) is 10.8. The van der Waals surface area contributed by atoms with Crippen molar-refractivity contribution in [3.8, 4) is 17.2 Å². The molecular weight excluding hydrogens is 430 g/mol. The summed E-state index contributed by atoms with van der Waals surface area (Å²) in [7, 11) is 0. The highest BCUT2D eigenvalue weighted by Gasteiger charge is 2.33. The standard InChI is InChI=1S/C28H21NO5/c30-24-15-14-23(25-26(24)28(32)22-9-5-4-8-21(22)27(25)31)29-18-10-12-20(13-11-18)34-17-16-33-19-6-2-1-3-7-19/h1-15,29-30H,16-17H2. The van der Waals surface area contributed by atoms with Crippen LogP contribution in [0.2, 0.25) is 0 Å². The Labute approximate surface area is 196 Å². The van der Waals surface area contributed by atoms with E-state index in [1.807, 2.05) is 42.5 Å². The minimum atomic E-state index is -0.368. The molecule has 0 aromatic heterocycles. The summed E-state index contributed by atoms with van der Waals surface area (Å²) in [6.07, 6.45) is 0. The summed E-state index contributed by atoms with van der Waals surface area (Å²) in [5.41, 5.74) is 1.97. The summed E-state index contributed by atoms with van der Waals surface area (Å²) in [6, 6.07) is 26.4. The van der Waals surface area contributed by atoms with Crippen LogP contribution in [0.5, 0.6) is 17.2 Å². The number of ketones is 2. The summed E-state index contributed by atoms with van der Waals surface area (Å²) in [5, 5.41) is 13.5. The molecule has 1 aliphatic carbocycles. The zero-order chi connectivity index (χ0) is 23.5. The van der Waals surface area contributed by atoms with Crippen molar-refractivity contribution >= 4 is 22.9 Å². The molecule has 0 atom stereocenters. The predicted molar refractivity (Wildman–Crippen MR) is 129 cm³/mol. The van der Waals surface area contributed by atoms with Crippen molar-refractivity contribution in [1.82, 2.24) is 0 Å².